The number of amides is 1. The van der Waals surface area contributed by atoms with Gasteiger partial charge in [-0.2, -0.15) is 5.10 Å². The molecule has 2 aromatic carbocycles. The minimum atomic E-state index is -0.337. The van der Waals surface area contributed by atoms with E-state index in [1.165, 1.54) is 0 Å². The van der Waals surface area contributed by atoms with Gasteiger partial charge in [0.15, 0.2) is 5.76 Å². The second-order valence-electron chi connectivity index (χ2n) is 6.35. The van der Waals surface area contributed by atoms with Crippen LogP contribution in [0.5, 0.6) is 5.75 Å². The van der Waals surface area contributed by atoms with Gasteiger partial charge in [0, 0.05) is 6.20 Å². The Labute approximate surface area is 176 Å². The van der Waals surface area contributed by atoms with Crippen molar-refractivity contribution in [2.45, 2.75) is 13.2 Å². The summed E-state index contributed by atoms with van der Waals surface area (Å²) in [6.45, 7) is 0.860. The second kappa shape index (κ2) is 8.79. The van der Waals surface area contributed by atoms with Crippen LogP contribution in [0.2, 0.25) is 0 Å². The predicted octanol–water partition coefficient (Wildman–Crippen LogP) is 5.12. The maximum absolute atomic E-state index is 12.4. The van der Waals surface area contributed by atoms with E-state index in [0.29, 0.717) is 23.7 Å². The number of carbonyl (C=O) groups is 1. The Bertz CT molecular complexity index is 1110. The molecule has 0 radical (unpaired) electrons. The highest BCUT2D eigenvalue weighted by Crippen LogP contribution is 2.25. The zero-order valence-corrected chi connectivity index (χ0v) is 17.0. The maximum Gasteiger partial charge on any atom is 0.291 e. The first-order valence-electron chi connectivity index (χ1n) is 9.01. The molecule has 0 atom stereocenters. The van der Waals surface area contributed by atoms with Gasteiger partial charge in [0.05, 0.1) is 22.9 Å². The number of rotatable bonds is 7. The lowest BCUT2D eigenvalue weighted by Gasteiger charge is -2.05. The van der Waals surface area contributed by atoms with Crippen LogP contribution in [0, 0.1) is 0 Å². The molecular weight excluding hydrogens is 434 g/mol. The molecule has 0 saturated heterocycles. The predicted molar refractivity (Wildman–Crippen MR) is 113 cm³/mol. The monoisotopic (exact) mass is 451 g/mol. The molecule has 4 aromatic rings. The summed E-state index contributed by atoms with van der Waals surface area (Å²) in [6.07, 6.45) is 3.39. The normalized spacial score (nSPS) is 10.7. The number of aromatic nitrogens is 2. The summed E-state index contributed by atoms with van der Waals surface area (Å²) >= 11 is 3.43. The molecule has 0 aliphatic heterocycles. The lowest BCUT2D eigenvalue weighted by Crippen LogP contribution is -2.10. The second-order valence-corrected chi connectivity index (χ2v) is 7.21. The van der Waals surface area contributed by atoms with E-state index in [2.05, 4.69) is 26.3 Å². The first kappa shape index (κ1) is 19.0. The van der Waals surface area contributed by atoms with Gasteiger partial charge in [0.1, 0.15) is 18.1 Å². The van der Waals surface area contributed by atoms with Crippen LogP contribution < -0.4 is 10.1 Å². The van der Waals surface area contributed by atoms with Crippen molar-refractivity contribution in [3.63, 3.8) is 0 Å². The fourth-order valence-corrected chi connectivity index (χ4v) is 3.17. The molecule has 0 unspecified atom stereocenters. The van der Waals surface area contributed by atoms with Crippen LogP contribution in [-0.2, 0) is 13.2 Å². The van der Waals surface area contributed by atoms with E-state index in [1.54, 1.807) is 29.2 Å². The molecule has 146 valence electrons. The Morgan fingerprint density at radius 3 is 2.69 bits per heavy atom. The summed E-state index contributed by atoms with van der Waals surface area (Å²) in [7, 11) is 0. The van der Waals surface area contributed by atoms with Gasteiger partial charge in [0.2, 0.25) is 0 Å². The van der Waals surface area contributed by atoms with Crippen molar-refractivity contribution < 1.29 is 13.9 Å². The van der Waals surface area contributed by atoms with Crippen LogP contribution >= 0.6 is 15.9 Å². The van der Waals surface area contributed by atoms with Gasteiger partial charge in [-0.3, -0.25) is 9.48 Å². The van der Waals surface area contributed by atoms with E-state index >= 15 is 0 Å². The minimum absolute atomic E-state index is 0.214. The highest BCUT2D eigenvalue weighted by Gasteiger charge is 2.13. The van der Waals surface area contributed by atoms with Crippen LogP contribution in [-0.4, -0.2) is 15.7 Å². The van der Waals surface area contributed by atoms with Gasteiger partial charge in [-0.05, 0) is 45.8 Å². The van der Waals surface area contributed by atoms with E-state index in [1.807, 2.05) is 54.6 Å². The molecule has 1 amide bonds. The fourth-order valence-electron chi connectivity index (χ4n) is 2.77. The third-order valence-electron chi connectivity index (χ3n) is 4.17. The Kier molecular flexibility index (Phi) is 5.76. The number of nitrogens with zero attached hydrogens (tertiary/aromatic N) is 2. The van der Waals surface area contributed by atoms with Gasteiger partial charge in [-0.1, -0.05) is 42.5 Å². The Morgan fingerprint density at radius 1 is 1.07 bits per heavy atom. The van der Waals surface area contributed by atoms with Crippen LogP contribution in [0.15, 0.2) is 88.0 Å². The number of ether oxygens (including phenoxy) is 1. The average molecular weight is 452 g/mol. The van der Waals surface area contributed by atoms with Crippen LogP contribution in [0.4, 0.5) is 5.69 Å². The largest absolute Gasteiger partial charge is 0.484 e. The Hall–Kier alpha value is -3.32. The fraction of sp³-hybridized carbons (Fsp3) is 0.0909. The van der Waals surface area contributed by atoms with E-state index in [-0.39, 0.29) is 18.3 Å². The number of nitrogens with one attached hydrogen (secondary N) is 1. The molecule has 6 nitrogen and oxygen atoms in total. The number of anilines is 1. The van der Waals surface area contributed by atoms with Gasteiger partial charge in [-0.15, -0.1) is 0 Å². The first-order chi connectivity index (χ1) is 14.2. The lowest BCUT2D eigenvalue weighted by atomic mass is 10.2. The highest BCUT2D eigenvalue weighted by molar-refractivity contribution is 9.10. The molecule has 0 fully saturated rings. The molecule has 4 rings (SSSR count). The first-order valence-corrected chi connectivity index (χ1v) is 9.80. The molecule has 2 heterocycles. The number of benzene rings is 2. The Balaban J connectivity index is 1.34. The van der Waals surface area contributed by atoms with Crippen LogP contribution in [0.25, 0.3) is 0 Å². The zero-order chi connectivity index (χ0) is 20.1. The molecule has 0 saturated carbocycles. The molecule has 1 N–H and O–H groups in total. The van der Waals surface area contributed by atoms with Gasteiger partial charge in [0.25, 0.3) is 5.91 Å². The topological polar surface area (TPSA) is 69.3 Å². The molecule has 2 aromatic heterocycles. The minimum Gasteiger partial charge on any atom is -0.484 e. The van der Waals surface area contributed by atoms with E-state index < -0.39 is 0 Å². The molecule has 0 spiro atoms. The Morgan fingerprint density at radius 2 is 1.86 bits per heavy atom. The summed E-state index contributed by atoms with van der Waals surface area (Å²) in [4.78, 5) is 12.4. The lowest BCUT2D eigenvalue weighted by molar-refractivity contribution is 0.0992. The zero-order valence-electron chi connectivity index (χ0n) is 15.4. The van der Waals surface area contributed by atoms with Crippen molar-refractivity contribution in [1.82, 2.24) is 9.78 Å². The molecule has 7 heteroatoms. The highest BCUT2D eigenvalue weighted by atomic mass is 79.9. The van der Waals surface area contributed by atoms with Crippen molar-refractivity contribution in [2.24, 2.45) is 0 Å². The number of halogens is 1. The summed E-state index contributed by atoms with van der Waals surface area (Å²) in [5.74, 6) is 1.15. The third kappa shape index (κ3) is 4.94. The number of carbonyl (C=O) groups excluding carboxylic acids is 1. The third-order valence-corrected chi connectivity index (χ3v) is 4.83. The van der Waals surface area contributed by atoms with Gasteiger partial charge < -0.3 is 14.5 Å². The number of para-hydroxylation sites is 1. The van der Waals surface area contributed by atoms with Crippen molar-refractivity contribution in [1.29, 1.82) is 0 Å². The summed E-state index contributed by atoms with van der Waals surface area (Å²) in [5.41, 5.74) is 1.74. The summed E-state index contributed by atoms with van der Waals surface area (Å²) in [6, 6.07) is 20.9. The number of hydrogen-bond acceptors (Lipinski definition) is 4. The van der Waals surface area contributed by atoms with Crippen molar-refractivity contribution in [2.75, 3.05) is 5.32 Å². The van der Waals surface area contributed by atoms with Crippen molar-refractivity contribution in [3.05, 3.63) is 101 Å². The van der Waals surface area contributed by atoms with Crippen molar-refractivity contribution >= 4 is 27.5 Å². The molecule has 0 aliphatic carbocycles. The number of hydrogen-bond donors (Lipinski definition) is 1. The van der Waals surface area contributed by atoms with E-state index in [9.17, 15) is 4.79 Å². The van der Waals surface area contributed by atoms with Crippen LogP contribution in [0.3, 0.4) is 0 Å². The van der Waals surface area contributed by atoms with E-state index in [4.69, 9.17) is 9.15 Å². The van der Waals surface area contributed by atoms with Crippen molar-refractivity contribution in [3.8, 4) is 5.75 Å². The standard InChI is InChI=1S/C22H18BrN3O3/c23-19-8-4-5-9-20(19)28-15-18-10-11-21(29-18)22(27)25-17-12-24-26(14-17)13-16-6-2-1-3-7-16/h1-12,14H,13,15H2,(H,25,27). The quantitative estimate of drug-likeness (QED) is 0.423. The van der Waals surface area contributed by atoms with Gasteiger partial charge >= 0.3 is 0 Å². The van der Waals surface area contributed by atoms with Gasteiger partial charge in [-0.25, -0.2) is 0 Å². The SMILES string of the molecule is O=C(Nc1cnn(Cc2ccccc2)c1)c1ccc(COc2ccccc2Br)o1. The number of furan rings is 1. The average Bonchev–Trinajstić information content (AvgIpc) is 3.38. The molecule has 0 aliphatic rings. The molecule has 29 heavy (non-hydrogen) atoms. The smallest absolute Gasteiger partial charge is 0.291 e. The summed E-state index contributed by atoms with van der Waals surface area (Å²) < 4.78 is 13.9. The van der Waals surface area contributed by atoms with E-state index in [0.717, 1.165) is 10.0 Å². The molecule has 0 bridgehead atoms. The van der Waals surface area contributed by atoms with Crippen LogP contribution in [0.1, 0.15) is 21.9 Å². The molecular formula is C22H18BrN3O3. The summed E-state index contributed by atoms with van der Waals surface area (Å²) in [5, 5.41) is 7.08. The maximum atomic E-state index is 12.4.